The molecule has 0 amide bonds. The second kappa shape index (κ2) is 5.16. The van der Waals surface area contributed by atoms with Gasteiger partial charge in [0.25, 0.3) is 0 Å². The molecular formula is C11H13BrO3. The summed E-state index contributed by atoms with van der Waals surface area (Å²) in [4.78, 5) is 10.5. The third-order valence-corrected chi connectivity index (χ3v) is 2.84. The third kappa shape index (κ3) is 3.23. The van der Waals surface area contributed by atoms with Gasteiger partial charge in [0.15, 0.2) is 0 Å². The van der Waals surface area contributed by atoms with Gasteiger partial charge in [0.2, 0.25) is 0 Å². The summed E-state index contributed by atoms with van der Waals surface area (Å²) in [6, 6.07) is 3.82. The summed E-state index contributed by atoms with van der Waals surface area (Å²) >= 11 is 3.38. The van der Waals surface area contributed by atoms with Crippen LogP contribution in [-0.4, -0.2) is 18.2 Å². The van der Waals surface area contributed by atoms with Gasteiger partial charge in [-0.2, -0.15) is 0 Å². The normalized spacial score (nSPS) is 10.1. The Bertz CT molecular complexity index is 374. The van der Waals surface area contributed by atoms with Gasteiger partial charge in [-0.05, 0) is 52.5 Å². The van der Waals surface area contributed by atoms with E-state index in [1.54, 1.807) is 7.11 Å². The summed E-state index contributed by atoms with van der Waals surface area (Å²) in [7, 11) is 1.59. The van der Waals surface area contributed by atoms with Gasteiger partial charge in [-0.3, -0.25) is 4.79 Å². The summed E-state index contributed by atoms with van der Waals surface area (Å²) < 4.78 is 6.04. The van der Waals surface area contributed by atoms with Crippen LogP contribution in [0, 0.1) is 6.92 Å². The first-order valence-corrected chi connectivity index (χ1v) is 5.38. The van der Waals surface area contributed by atoms with Crippen molar-refractivity contribution < 1.29 is 14.6 Å². The first-order chi connectivity index (χ1) is 7.04. The molecule has 0 radical (unpaired) electrons. The lowest BCUT2D eigenvalue weighted by atomic mass is 10.0. The third-order valence-electron chi connectivity index (χ3n) is 2.22. The van der Waals surface area contributed by atoms with Crippen LogP contribution in [0.4, 0.5) is 0 Å². The van der Waals surface area contributed by atoms with Crippen LogP contribution in [0.15, 0.2) is 16.6 Å². The quantitative estimate of drug-likeness (QED) is 0.917. The van der Waals surface area contributed by atoms with Crippen LogP contribution in [0.1, 0.15) is 17.5 Å². The van der Waals surface area contributed by atoms with Gasteiger partial charge < -0.3 is 9.84 Å². The summed E-state index contributed by atoms with van der Waals surface area (Å²) in [6.45, 7) is 1.96. The molecule has 0 saturated heterocycles. The van der Waals surface area contributed by atoms with Crippen LogP contribution >= 0.6 is 15.9 Å². The molecule has 3 nitrogen and oxygen atoms in total. The predicted molar refractivity (Wildman–Crippen MR) is 61.4 cm³/mol. The Morgan fingerprint density at radius 3 is 2.73 bits per heavy atom. The van der Waals surface area contributed by atoms with E-state index < -0.39 is 5.97 Å². The van der Waals surface area contributed by atoms with Crippen LogP contribution in [0.3, 0.4) is 0 Å². The SMILES string of the molecule is COc1cc(CCC(=O)O)c(C)cc1Br. The fourth-order valence-corrected chi connectivity index (χ4v) is 1.98. The molecule has 0 atom stereocenters. The van der Waals surface area contributed by atoms with Crippen molar-refractivity contribution in [2.45, 2.75) is 19.8 Å². The van der Waals surface area contributed by atoms with Crippen LogP contribution in [0.5, 0.6) is 5.75 Å². The molecule has 15 heavy (non-hydrogen) atoms. The summed E-state index contributed by atoms with van der Waals surface area (Å²) in [5.74, 6) is -0.0442. The van der Waals surface area contributed by atoms with E-state index in [1.165, 1.54) is 0 Å². The van der Waals surface area contributed by atoms with E-state index in [2.05, 4.69) is 15.9 Å². The van der Waals surface area contributed by atoms with Gasteiger partial charge >= 0.3 is 5.97 Å². The Hall–Kier alpha value is -1.03. The molecular weight excluding hydrogens is 260 g/mol. The van der Waals surface area contributed by atoms with E-state index in [-0.39, 0.29) is 6.42 Å². The maximum Gasteiger partial charge on any atom is 0.303 e. The Kier molecular flexibility index (Phi) is 4.15. The minimum Gasteiger partial charge on any atom is -0.496 e. The van der Waals surface area contributed by atoms with Gasteiger partial charge in [0, 0.05) is 6.42 Å². The minimum atomic E-state index is -0.781. The van der Waals surface area contributed by atoms with Crippen molar-refractivity contribution in [3.05, 3.63) is 27.7 Å². The number of hydrogen-bond acceptors (Lipinski definition) is 2. The van der Waals surface area contributed by atoms with E-state index >= 15 is 0 Å². The molecule has 1 rings (SSSR count). The summed E-state index contributed by atoms with van der Waals surface area (Å²) in [5.41, 5.74) is 2.08. The van der Waals surface area contributed by atoms with E-state index in [4.69, 9.17) is 9.84 Å². The molecule has 0 spiro atoms. The minimum absolute atomic E-state index is 0.144. The standard InChI is InChI=1S/C11H13BrO3/c1-7-5-9(12)10(15-2)6-8(7)3-4-11(13)14/h5-6H,3-4H2,1-2H3,(H,13,14). The average Bonchev–Trinajstić information content (AvgIpc) is 2.16. The molecule has 0 aromatic heterocycles. The monoisotopic (exact) mass is 272 g/mol. The topological polar surface area (TPSA) is 46.5 Å². The first kappa shape index (κ1) is 12.0. The molecule has 4 heteroatoms. The van der Waals surface area contributed by atoms with Crippen molar-refractivity contribution in [2.24, 2.45) is 0 Å². The zero-order valence-corrected chi connectivity index (χ0v) is 10.3. The van der Waals surface area contributed by atoms with Crippen molar-refractivity contribution in [1.82, 2.24) is 0 Å². The van der Waals surface area contributed by atoms with Gasteiger partial charge in [0.1, 0.15) is 5.75 Å². The molecule has 0 saturated carbocycles. The maximum absolute atomic E-state index is 10.5. The van der Waals surface area contributed by atoms with Crippen molar-refractivity contribution in [1.29, 1.82) is 0 Å². The number of carboxylic acid groups (broad SMARTS) is 1. The zero-order chi connectivity index (χ0) is 11.4. The number of aliphatic carboxylic acids is 1. The predicted octanol–water partition coefficient (Wildman–Crippen LogP) is 2.78. The Balaban J connectivity index is 2.92. The molecule has 0 bridgehead atoms. The molecule has 0 aliphatic rings. The smallest absolute Gasteiger partial charge is 0.303 e. The largest absolute Gasteiger partial charge is 0.496 e. The second-order valence-electron chi connectivity index (χ2n) is 3.31. The second-order valence-corrected chi connectivity index (χ2v) is 4.16. The molecule has 1 aromatic carbocycles. The summed E-state index contributed by atoms with van der Waals surface area (Å²) in [5, 5.41) is 8.61. The Labute approximate surface area is 97.2 Å². The van der Waals surface area contributed by atoms with Crippen molar-refractivity contribution in [2.75, 3.05) is 7.11 Å². The Morgan fingerprint density at radius 2 is 2.20 bits per heavy atom. The highest BCUT2D eigenvalue weighted by Crippen LogP contribution is 2.28. The number of carbonyl (C=O) groups is 1. The fourth-order valence-electron chi connectivity index (χ4n) is 1.36. The van der Waals surface area contributed by atoms with Crippen molar-refractivity contribution >= 4 is 21.9 Å². The number of halogens is 1. The molecule has 1 aromatic rings. The number of ether oxygens (including phenoxy) is 1. The summed E-state index contributed by atoms with van der Waals surface area (Å²) in [6.07, 6.45) is 0.677. The average molecular weight is 273 g/mol. The van der Waals surface area contributed by atoms with Gasteiger partial charge in [-0.1, -0.05) is 0 Å². The van der Waals surface area contributed by atoms with E-state index in [0.717, 1.165) is 21.3 Å². The zero-order valence-electron chi connectivity index (χ0n) is 8.71. The van der Waals surface area contributed by atoms with Gasteiger partial charge in [-0.15, -0.1) is 0 Å². The highest BCUT2D eigenvalue weighted by molar-refractivity contribution is 9.10. The van der Waals surface area contributed by atoms with E-state index in [0.29, 0.717) is 6.42 Å². The lowest BCUT2D eigenvalue weighted by molar-refractivity contribution is -0.136. The van der Waals surface area contributed by atoms with Crippen molar-refractivity contribution in [3.8, 4) is 5.75 Å². The van der Waals surface area contributed by atoms with Crippen LogP contribution in [0.25, 0.3) is 0 Å². The van der Waals surface area contributed by atoms with E-state index in [9.17, 15) is 4.79 Å². The lowest BCUT2D eigenvalue weighted by Gasteiger charge is -2.09. The molecule has 82 valence electrons. The highest BCUT2D eigenvalue weighted by Gasteiger charge is 2.07. The molecule has 0 unspecified atom stereocenters. The molecule has 0 fully saturated rings. The van der Waals surface area contributed by atoms with Gasteiger partial charge in [-0.25, -0.2) is 0 Å². The number of methoxy groups -OCH3 is 1. The van der Waals surface area contributed by atoms with Crippen molar-refractivity contribution in [3.63, 3.8) is 0 Å². The number of hydrogen-bond donors (Lipinski definition) is 1. The number of carboxylic acids is 1. The Morgan fingerprint density at radius 1 is 1.53 bits per heavy atom. The fraction of sp³-hybridized carbons (Fsp3) is 0.364. The van der Waals surface area contributed by atoms with Crippen LogP contribution in [0.2, 0.25) is 0 Å². The lowest BCUT2D eigenvalue weighted by Crippen LogP contribution is -1.99. The van der Waals surface area contributed by atoms with Gasteiger partial charge in [0.05, 0.1) is 11.6 Å². The van der Waals surface area contributed by atoms with Crippen LogP contribution < -0.4 is 4.74 Å². The number of rotatable bonds is 4. The molecule has 0 aliphatic carbocycles. The van der Waals surface area contributed by atoms with E-state index in [1.807, 2.05) is 19.1 Å². The molecule has 0 aliphatic heterocycles. The molecule has 0 heterocycles. The highest BCUT2D eigenvalue weighted by atomic mass is 79.9. The maximum atomic E-state index is 10.5. The number of benzene rings is 1. The number of aryl methyl sites for hydroxylation is 2. The molecule has 1 N–H and O–H groups in total. The van der Waals surface area contributed by atoms with Crippen LogP contribution in [-0.2, 0) is 11.2 Å². The first-order valence-electron chi connectivity index (χ1n) is 4.59.